The highest BCUT2D eigenvalue weighted by molar-refractivity contribution is 6.02. The molecule has 13 nitrogen and oxygen atoms in total. The molecule has 2 rings (SSSR count). The molecule has 0 saturated carbocycles. The number of hydrogen-bond donors (Lipinski definition) is 4. The Morgan fingerprint density at radius 1 is 1.21 bits per heavy atom. The lowest BCUT2D eigenvalue weighted by molar-refractivity contribution is -0.133. The van der Waals surface area contributed by atoms with Crippen molar-refractivity contribution in [1.29, 1.82) is 0 Å². The number of carbonyl (C=O) groups is 3. The van der Waals surface area contributed by atoms with Crippen LogP contribution < -0.4 is 21.3 Å². The number of anilines is 1. The molecule has 0 bridgehead atoms. The quantitative estimate of drug-likeness (QED) is 0.229. The number of aromatic amines is 1. The molecule has 1 aromatic heterocycles. The normalized spacial score (nSPS) is 15.0. The topological polar surface area (TPSA) is 181 Å². The molecule has 0 fully saturated rings. The standard InChI is InChI=1S/C25H38FN9O4/c1-7-11-18(29-19(27)15-26)25(5,21(37)35(6)22-31-33-34-32-22)30-20(36)17(14-16-12-9-8-10-13-16)28-23(38)39-24(2,3)4/h8-10,12-13,17-18H,7,11,14-15H2,1-6H3,(H2,27,29)(H,28,38)(H,30,36)(H,31,32,33,34)/t17-,18?,25?/m0/s1. The number of tetrazole rings is 1. The number of aliphatic imine (C=N–C) groups is 1. The van der Waals surface area contributed by atoms with Crippen molar-refractivity contribution >= 4 is 29.7 Å². The number of amidine groups is 1. The first-order chi connectivity index (χ1) is 18.3. The number of benzene rings is 1. The van der Waals surface area contributed by atoms with E-state index in [2.05, 4.69) is 36.3 Å². The van der Waals surface area contributed by atoms with Gasteiger partial charge in [0, 0.05) is 13.5 Å². The number of halogens is 1. The van der Waals surface area contributed by atoms with Crippen LogP contribution in [-0.4, -0.2) is 81.3 Å². The fourth-order valence-electron chi connectivity index (χ4n) is 3.86. The van der Waals surface area contributed by atoms with Gasteiger partial charge >= 0.3 is 6.09 Å². The lowest BCUT2D eigenvalue weighted by atomic mass is 9.87. The molecule has 3 amide bonds. The van der Waals surface area contributed by atoms with Gasteiger partial charge in [0.05, 0.1) is 6.04 Å². The molecule has 2 aromatic rings. The third-order valence-electron chi connectivity index (χ3n) is 5.74. The average Bonchev–Trinajstić information content (AvgIpc) is 3.41. The van der Waals surface area contributed by atoms with Crippen molar-refractivity contribution in [2.75, 3.05) is 18.6 Å². The Labute approximate surface area is 227 Å². The number of H-pyrrole nitrogens is 1. The van der Waals surface area contributed by atoms with Gasteiger partial charge in [-0.05, 0) is 44.9 Å². The molecule has 3 atom stereocenters. The minimum atomic E-state index is -1.74. The molecule has 1 aromatic carbocycles. The highest BCUT2D eigenvalue weighted by Crippen LogP contribution is 2.24. The Balaban J connectivity index is 2.50. The van der Waals surface area contributed by atoms with Crippen LogP contribution in [0.2, 0.25) is 0 Å². The van der Waals surface area contributed by atoms with Crippen LogP contribution in [-0.2, 0) is 20.7 Å². The lowest BCUT2D eigenvalue weighted by Crippen LogP contribution is -2.66. The first-order valence-electron chi connectivity index (χ1n) is 12.6. The van der Waals surface area contributed by atoms with Gasteiger partial charge in [-0.1, -0.05) is 48.8 Å². The van der Waals surface area contributed by atoms with Gasteiger partial charge in [-0.2, -0.15) is 5.21 Å². The molecule has 2 unspecified atom stereocenters. The Kier molecular flexibility index (Phi) is 10.9. The van der Waals surface area contributed by atoms with Crippen LogP contribution in [0.5, 0.6) is 0 Å². The summed E-state index contributed by atoms with van der Waals surface area (Å²) in [5.41, 5.74) is 3.92. The van der Waals surface area contributed by atoms with E-state index in [0.717, 1.165) is 10.5 Å². The zero-order chi connectivity index (χ0) is 29.2. The van der Waals surface area contributed by atoms with E-state index in [4.69, 9.17) is 10.5 Å². The fourth-order valence-corrected chi connectivity index (χ4v) is 3.86. The summed E-state index contributed by atoms with van der Waals surface area (Å²) in [6, 6.07) is 6.95. The molecule has 0 aliphatic heterocycles. The molecule has 14 heteroatoms. The van der Waals surface area contributed by atoms with Crippen molar-refractivity contribution < 1.29 is 23.5 Å². The Bertz CT molecular complexity index is 1120. The number of alkyl halides is 1. The summed E-state index contributed by atoms with van der Waals surface area (Å²) in [6.45, 7) is 7.38. The van der Waals surface area contributed by atoms with Crippen LogP contribution in [0.1, 0.15) is 53.0 Å². The zero-order valence-corrected chi connectivity index (χ0v) is 23.2. The van der Waals surface area contributed by atoms with Crippen molar-refractivity contribution in [3.63, 3.8) is 0 Å². The van der Waals surface area contributed by atoms with Gasteiger partial charge in [0.2, 0.25) is 5.91 Å². The molecular weight excluding hydrogens is 509 g/mol. The van der Waals surface area contributed by atoms with E-state index in [1.54, 1.807) is 45.0 Å². The van der Waals surface area contributed by atoms with Crippen LogP contribution in [0.15, 0.2) is 35.3 Å². The molecular formula is C25H38FN9O4. The van der Waals surface area contributed by atoms with Crippen molar-refractivity contribution in [2.24, 2.45) is 10.7 Å². The van der Waals surface area contributed by atoms with Crippen molar-refractivity contribution in [3.05, 3.63) is 35.9 Å². The molecule has 0 radical (unpaired) electrons. The van der Waals surface area contributed by atoms with Gasteiger partial charge < -0.3 is 21.1 Å². The third kappa shape index (κ3) is 9.00. The van der Waals surface area contributed by atoms with Crippen LogP contribution >= 0.6 is 0 Å². The maximum absolute atomic E-state index is 13.8. The minimum absolute atomic E-state index is 0.0501. The van der Waals surface area contributed by atoms with Crippen molar-refractivity contribution in [1.82, 2.24) is 31.3 Å². The molecule has 1 heterocycles. The fraction of sp³-hybridized carbons (Fsp3) is 0.560. The molecule has 39 heavy (non-hydrogen) atoms. The molecule has 0 spiro atoms. The minimum Gasteiger partial charge on any atom is -0.444 e. The lowest BCUT2D eigenvalue weighted by Gasteiger charge is -2.38. The predicted molar refractivity (Wildman–Crippen MR) is 144 cm³/mol. The molecule has 214 valence electrons. The van der Waals surface area contributed by atoms with Crippen LogP contribution in [0.4, 0.5) is 15.1 Å². The summed E-state index contributed by atoms with van der Waals surface area (Å²) in [4.78, 5) is 45.6. The second-order valence-corrected chi connectivity index (χ2v) is 10.2. The number of hydrogen-bond acceptors (Lipinski definition) is 8. The molecule has 0 aliphatic rings. The number of nitrogens with one attached hydrogen (secondary N) is 3. The van der Waals surface area contributed by atoms with E-state index >= 15 is 0 Å². The second kappa shape index (κ2) is 13.6. The highest BCUT2D eigenvalue weighted by atomic mass is 19.1. The number of ether oxygens (including phenoxy) is 1. The number of aromatic nitrogens is 4. The average molecular weight is 548 g/mol. The second-order valence-electron chi connectivity index (χ2n) is 10.2. The third-order valence-corrected chi connectivity index (χ3v) is 5.74. The highest BCUT2D eigenvalue weighted by Gasteiger charge is 2.46. The maximum atomic E-state index is 13.8. The number of amides is 3. The van der Waals surface area contributed by atoms with Gasteiger partial charge in [0.25, 0.3) is 11.9 Å². The van der Waals surface area contributed by atoms with E-state index < -0.39 is 47.8 Å². The van der Waals surface area contributed by atoms with E-state index in [1.807, 2.05) is 13.0 Å². The monoisotopic (exact) mass is 547 g/mol. The molecule has 0 aliphatic carbocycles. The Morgan fingerprint density at radius 2 is 1.87 bits per heavy atom. The first kappa shape index (κ1) is 31.1. The van der Waals surface area contributed by atoms with E-state index in [-0.39, 0.29) is 24.6 Å². The Hall–Kier alpha value is -4.10. The summed E-state index contributed by atoms with van der Waals surface area (Å²) in [5, 5.41) is 18.8. The van der Waals surface area contributed by atoms with E-state index in [9.17, 15) is 18.8 Å². The van der Waals surface area contributed by atoms with Crippen LogP contribution in [0.25, 0.3) is 0 Å². The van der Waals surface area contributed by atoms with Crippen LogP contribution in [0.3, 0.4) is 0 Å². The zero-order valence-electron chi connectivity index (χ0n) is 23.2. The summed E-state index contributed by atoms with van der Waals surface area (Å²) in [6.07, 6.45) is 0.125. The van der Waals surface area contributed by atoms with Gasteiger partial charge in [-0.25, -0.2) is 9.18 Å². The number of likely N-dealkylation sites (N-methyl/N-ethyl adjacent to an activating group) is 1. The van der Waals surface area contributed by atoms with Crippen molar-refractivity contribution in [3.8, 4) is 0 Å². The van der Waals surface area contributed by atoms with Crippen molar-refractivity contribution in [2.45, 2.75) is 77.1 Å². The number of carbonyl (C=O) groups excluding carboxylic acids is 3. The number of alkyl carbamates (subject to hydrolysis) is 1. The Morgan fingerprint density at radius 3 is 2.41 bits per heavy atom. The summed E-state index contributed by atoms with van der Waals surface area (Å²) < 4.78 is 18.7. The summed E-state index contributed by atoms with van der Waals surface area (Å²) in [5.74, 6) is -1.71. The van der Waals surface area contributed by atoms with Gasteiger partial charge in [-0.3, -0.25) is 19.5 Å². The van der Waals surface area contributed by atoms with Crippen LogP contribution in [0, 0.1) is 0 Å². The van der Waals surface area contributed by atoms with E-state index in [0.29, 0.717) is 6.42 Å². The van der Waals surface area contributed by atoms with Gasteiger partial charge in [-0.15, -0.1) is 5.10 Å². The SMILES string of the molecule is CCCC(N=C(N)CF)C(C)(NC(=O)[C@H](Cc1ccccc1)NC(=O)OC(C)(C)C)C(=O)N(C)c1nn[nH]n1. The largest absolute Gasteiger partial charge is 0.444 e. The van der Waals surface area contributed by atoms with Gasteiger partial charge in [0.1, 0.15) is 29.7 Å². The summed E-state index contributed by atoms with van der Waals surface area (Å²) >= 11 is 0. The number of nitrogens with two attached hydrogens (primary N) is 1. The predicted octanol–water partition coefficient (Wildman–Crippen LogP) is 1.67. The number of rotatable bonds is 12. The first-order valence-corrected chi connectivity index (χ1v) is 12.6. The maximum Gasteiger partial charge on any atom is 0.408 e. The summed E-state index contributed by atoms with van der Waals surface area (Å²) in [7, 11) is 1.41. The smallest absolute Gasteiger partial charge is 0.408 e. The number of nitrogens with zero attached hydrogens (tertiary/aromatic N) is 5. The molecule has 5 N–H and O–H groups in total. The molecule has 0 saturated heterocycles. The van der Waals surface area contributed by atoms with E-state index in [1.165, 1.54) is 14.0 Å². The van der Waals surface area contributed by atoms with Gasteiger partial charge in [0.15, 0.2) is 0 Å².